The number of rotatable bonds is 0. The molecule has 2 heteroatoms. The molecule has 0 aliphatic heterocycles. The molecule has 0 aromatic carbocycles. The zero-order valence-corrected chi connectivity index (χ0v) is 7.82. The summed E-state index contributed by atoms with van der Waals surface area (Å²) >= 11 is 0. The molecule has 0 saturated carbocycles. The van der Waals surface area contributed by atoms with Crippen molar-refractivity contribution < 1.29 is 41.7 Å². The molecule has 0 aliphatic rings. The first-order valence-corrected chi connectivity index (χ1v) is 2.18. The Balaban J connectivity index is 0.000000490. The number of aryl methyl sites for hydroxylation is 1. The van der Waals surface area contributed by atoms with Crippen LogP contribution < -0.4 is 0 Å². The van der Waals surface area contributed by atoms with Gasteiger partial charge in [0.1, 0.15) is 0 Å². The maximum absolute atomic E-state index is 3.72. The van der Waals surface area contributed by atoms with Gasteiger partial charge in [-0.1, -0.05) is 19.3 Å². The van der Waals surface area contributed by atoms with Gasteiger partial charge < -0.3 is 4.98 Å². The summed E-state index contributed by atoms with van der Waals surface area (Å²) in [5.74, 6) is 0. The molecule has 0 spiro atoms. The Bertz CT molecular complexity index is 138. The van der Waals surface area contributed by atoms with Crippen LogP contribution in [0.4, 0.5) is 0 Å². The smallest absolute Gasteiger partial charge is 0 e. The minimum absolute atomic E-state index is 0. The SMILES string of the molecule is Cc1c[c-]ncc1.[Ce]. The van der Waals surface area contributed by atoms with E-state index in [1.54, 1.807) is 6.20 Å². The van der Waals surface area contributed by atoms with Crippen LogP contribution in [0.3, 0.4) is 0 Å². The number of hydrogen-bond donors (Lipinski definition) is 0. The first-order chi connectivity index (χ1) is 3.39. The predicted molar refractivity (Wildman–Crippen MR) is 27.8 cm³/mol. The minimum atomic E-state index is 0. The number of aromatic nitrogens is 1. The second-order valence-electron chi connectivity index (χ2n) is 1.46. The molecule has 0 aliphatic carbocycles. The topological polar surface area (TPSA) is 12.9 Å². The fraction of sp³-hybridized carbons (Fsp3) is 0.167. The molecule has 0 unspecified atom stereocenters. The summed E-state index contributed by atoms with van der Waals surface area (Å²) in [5, 5.41) is 0. The molecule has 1 heterocycles. The third kappa shape index (κ3) is 2.74. The van der Waals surface area contributed by atoms with E-state index in [9.17, 15) is 0 Å². The molecule has 40 valence electrons. The molecule has 0 bridgehead atoms. The average Bonchev–Trinajstić information content (AvgIpc) is 1.69. The van der Waals surface area contributed by atoms with Crippen molar-refractivity contribution in [3.8, 4) is 0 Å². The number of nitrogens with zero attached hydrogens (tertiary/aromatic N) is 1. The molecule has 1 aromatic rings. The molecule has 0 radical (unpaired) electrons. The van der Waals surface area contributed by atoms with Crippen LogP contribution in [0, 0.1) is 54.9 Å². The Morgan fingerprint density at radius 2 is 2.38 bits per heavy atom. The van der Waals surface area contributed by atoms with Gasteiger partial charge in [-0.2, -0.15) is 17.7 Å². The second-order valence-corrected chi connectivity index (χ2v) is 1.46. The molecule has 8 heavy (non-hydrogen) atoms. The molecule has 0 fully saturated rings. The zero-order chi connectivity index (χ0) is 5.11. The molecule has 1 aromatic heterocycles. The van der Waals surface area contributed by atoms with E-state index in [0.717, 1.165) is 0 Å². The van der Waals surface area contributed by atoms with Crippen LogP contribution in [0.5, 0.6) is 0 Å². The van der Waals surface area contributed by atoms with Gasteiger partial charge in [0.05, 0.1) is 0 Å². The van der Waals surface area contributed by atoms with E-state index in [4.69, 9.17) is 0 Å². The van der Waals surface area contributed by atoms with Crippen LogP contribution in [0.2, 0.25) is 0 Å². The fourth-order valence-electron chi connectivity index (χ4n) is 0.385. The normalized spacial score (nSPS) is 7.62. The third-order valence-electron chi connectivity index (χ3n) is 0.779. The van der Waals surface area contributed by atoms with Gasteiger partial charge in [0.25, 0.3) is 0 Å². The van der Waals surface area contributed by atoms with Gasteiger partial charge in [-0.05, 0) is 0 Å². The molecule has 0 N–H and O–H groups in total. The van der Waals surface area contributed by atoms with Crippen molar-refractivity contribution in [2.45, 2.75) is 6.92 Å². The standard InChI is InChI=1S/C6H6N.Ce/c1-6-2-4-7-5-3-6;/h2-4H,1H3;/q-1;. The van der Waals surface area contributed by atoms with Gasteiger partial charge in [-0.15, -0.1) is 0 Å². The van der Waals surface area contributed by atoms with Gasteiger partial charge in [0.15, 0.2) is 0 Å². The van der Waals surface area contributed by atoms with Crippen LogP contribution in [0.1, 0.15) is 5.56 Å². The largest absolute Gasteiger partial charge is 0.394 e. The summed E-state index contributed by atoms with van der Waals surface area (Å²) in [6.07, 6.45) is 4.44. The van der Waals surface area contributed by atoms with Crippen molar-refractivity contribution in [2.24, 2.45) is 0 Å². The molecular formula is C6H6CeN-. The Morgan fingerprint density at radius 3 is 2.62 bits per heavy atom. The maximum atomic E-state index is 3.72. The molecular weight excluding hydrogens is 226 g/mol. The van der Waals surface area contributed by atoms with Gasteiger partial charge in [-0.3, -0.25) is 0 Å². The first-order valence-electron chi connectivity index (χ1n) is 2.18. The van der Waals surface area contributed by atoms with Crippen LogP contribution in [-0.4, -0.2) is 4.98 Å². The van der Waals surface area contributed by atoms with E-state index >= 15 is 0 Å². The summed E-state index contributed by atoms with van der Waals surface area (Å²) < 4.78 is 0. The van der Waals surface area contributed by atoms with Gasteiger partial charge in [-0.25, -0.2) is 0 Å². The van der Waals surface area contributed by atoms with E-state index in [0.29, 0.717) is 0 Å². The summed E-state index contributed by atoms with van der Waals surface area (Å²) in [6.45, 7) is 2.01. The first kappa shape index (κ1) is 8.53. The van der Waals surface area contributed by atoms with Crippen LogP contribution in [0.15, 0.2) is 18.3 Å². The molecule has 0 saturated heterocycles. The maximum Gasteiger partial charge on any atom is 0 e. The van der Waals surface area contributed by atoms with Crippen molar-refractivity contribution in [1.82, 2.24) is 4.98 Å². The molecule has 1 nitrogen and oxygen atoms in total. The monoisotopic (exact) mass is 232 g/mol. The average molecular weight is 232 g/mol. The number of pyridine rings is 1. The van der Waals surface area contributed by atoms with Gasteiger partial charge in [0, 0.05) is 41.7 Å². The Morgan fingerprint density at radius 1 is 1.62 bits per heavy atom. The van der Waals surface area contributed by atoms with E-state index in [2.05, 4.69) is 11.2 Å². The Labute approximate surface area is 82.9 Å². The summed E-state index contributed by atoms with van der Waals surface area (Å²) in [7, 11) is 0. The van der Waals surface area contributed by atoms with Crippen molar-refractivity contribution in [2.75, 3.05) is 0 Å². The van der Waals surface area contributed by atoms with Crippen molar-refractivity contribution in [1.29, 1.82) is 0 Å². The van der Waals surface area contributed by atoms with Crippen molar-refractivity contribution in [3.63, 3.8) is 0 Å². The van der Waals surface area contributed by atoms with Crippen molar-refractivity contribution >= 4 is 0 Å². The van der Waals surface area contributed by atoms with Gasteiger partial charge >= 0.3 is 0 Å². The van der Waals surface area contributed by atoms with E-state index < -0.39 is 0 Å². The van der Waals surface area contributed by atoms with E-state index in [-0.39, 0.29) is 41.7 Å². The number of hydrogen-bond acceptors (Lipinski definition) is 1. The molecule has 0 amide bonds. The summed E-state index contributed by atoms with van der Waals surface area (Å²) in [4.78, 5) is 3.72. The zero-order valence-electron chi connectivity index (χ0n) is 4.68. The quantitative estimate of drug-likeness (QED) is 0.612. The van der Waals surface area contributed by atoms with Crippen LogP contribution >= 0.6 is 0 Å². The third-order valence-corrected chi connectivity index (χ3v) is 0.779. The van der Waals surface area contributed by atoms with Crippen LogP contribution in [-0.2, 0) is 0 Å². The predicted octanol–water partition coefficient (Wildman–Crippen LogP) is 1.19. The summed E-state index contributed by atoms with van der Waals surface area (Å²) in [5.41, 5.74) is 1.20. The Kier molecular flexibility index (Phi) is 4.70. The fourth-order valence-corrected chi connectivity index (χ4v) is 0.385. The van der Waals surface area contributed by atoms with Crippen molar-refractivity contribution in [3.05, 3.63) is 30.1 Å². The second kappa shape index (κ2) is 4.41. The van der Waals surface area contributed by atoms with Crippen LogP contribution in [0.25, 0.3) is 0 Å². The molecule has 0 atom stereocenters. The van der Waals surface area contributed by atoms with E-state index in [1.165, 1.54) is 5.56 Å². The Hall–Kier alpha value is 0.527. The molecule has 1 rings (SSSR count). The van der Waals surface area contributed by atoms with E-state index in [1.807, 2.05) is 19.1 Å². The van der Waals surface area contributed by atoms with Gasteiger partial charge in [0.2, 0.25) is 0 Å². The minimum Gasteiger partial charge on any atom is -0.394 e. The summed E-state index contributed by atoms with van der Waals surface area (Å²) in [6, 6.07) is 3.79.